The third kappa shape index (κ3) is 2.48. The van der Waals surface area contributed by atoms with E-state index in [1.807, 2.05) is 7.05 Å². The summed E-state index contributed by atoms with van der Waals surface area (Å²) in [6.45, 7) is -0.119. The number of aliphatic hydroxyl groups excluding tert-OH is 1. The molecule has 3 aromatic rings. The van der Waals surface area contributed by atoms with Crippen molar-refractivity contribution in [3.63, 3.8) is 0 Å². The van der Waals surface area contributed by atoms with Crippen molar-refractivity contribution in [2.24, 2.45) is 7.05 Å². The number of aryl methyl sites for hydroxylation is 1. The predicted octanol–water partition coefficient (Wildman–Crippen LogP) is 0.502. The zero-order chi connectivity index (χ0) is 14.8. The first-order chi connectivity index (χ1) is 10.2. The molecule has 8 heteroatoms. The quantitative estimate of drug-likeness (QED) is 0.719. The highest BCUT2D eigenvalue weighted by molar-refractivity contribution is 5.93. The molecule has 0 saturated heterocycles. The van der Waals surface area contributed by atoms with E-state index < -0.39 is 0 Å². The van der Waals surface area contributed by atoms with Crippen molar-refractivity contribution < 1.29 is 14.9 Å². The summed E-state index contributed by atoms with van der Waals surface area (Å²) in [6.07, 6.45) is 5.01. The van der Waals surface area contributed by atoms with Crippen LogP contribution in [0.1, 0.15) is 0 Å². The van der Waals surface area contributed by atoms with E-state index in [1.54, 1.807) is 29.4 Å². The van der Waals surface area contributed by atoms with Gasteiger partial charge in [-0.15, -0.1) is 0 Å². The molecule has 0 aliphatic heterocycles. The molecule has 0 spiro atoms. The highest BCUT2D eigenvalue weighted by atomic mass is 16.5. The normalized spacial score (nSPS) is 11.0. The fourth-order valence-electron chi connectivity index (χ4n) is 1.94. The van der Waals surface area contributed by atoms with Gasteiger partial charge in [0.15, 0.2) is 0 Å². The van der Waals surface area contributed by atoms with Gasteiger partial charge < -0.3 is 19.5 Å². The number of ether oxygens (including phenoxy) is 1. The summed E-state index contributed by atoms with van der Waals surface area (Å²) in [6, 6.07) is 1.60. The molecule has 0 aromatic carbocycles. The molecule has 3 heterocycles. The summed E-state index contributed by atoms with van der Waals surface area (Å²) >= 11 is 0. The van der Waals surface area contributed by atoms with Crippen LogP contribution in [0.4, 0.5) is 0 Å². The van der Waals surface area contributed by atoms with Crippen LogP contribution in [0.2, 0.25) is 0 Å². The summed E-state index contributed by atoms with van der Waals surface area (Å²) in [5, 5.41) is 19.2. The smallest absolute Gasteiger partial charge is 0.320 e. The maximum Gasteiger partial charge on any atom is 0.320 e. The molecule has 108 valence electrons. The molecule has 0 amide bonds. The van der Waals surface area contributed by atoms with E-state index in [0.29, 0.717) is 22.3 Å². The summed E-state index contributed by atoms with van der Waals surface area (Å²) in [5.74, 6) is -0.201. The summed E-state index contributed by atoms with van der Waals surface area (Å²) in [5.41, 5.74) is 1.60. The molecule has 0 unspecified atom stereocenters. The van der Waals surface area contributed by atoms with Gasteiger partial charge in [0.2, 0.25) is 5.88 Å². The minimum atomic E-state index is -0.201. The molecule has 21 heavy (non-hydrogen) atoms. The number of hydrogen-bond donors (Lipinski definition) is 2. The number of fused-ring (bicyclic) bond motifs is 1. The highest BCUT2D eigenvalue weighted by Gasteiger charge is 2.14. The Labute approximate surface area is 119 Å². The van der Waals surface area contributed by atoms with Crippen molar-refractivity contribution in [2.45, 2.75) is 0 Å². The van der Waals surface area contributed by atoms with Crippen LogP contribution in [-0.4, -0.2) is 47.9 Å². The lowest BCUT2D eigenvalue weighted by atomic mass is 10.2. The Kier molecular flexibility index (Phi) is 3.36. The van der Waals surface area contributed by atoms with Crippen molar-refractivity contribution in [2.75, 3.05) is 13.2 Å². The van der Waals surface area contributed by atoms with Crippen molar-refractivity contribution in [3.05, 3.63) is 24.8 Å². The molecule has 0 fully saturated rings. The molecule has 2 N–H and O–H groups in total. The molecule has 0 aliphatic rings. The Hall–Kier alpha value is -2.74. The van der Waals surface area contributed by atoms with Crippen LogP contribution in [0.3, 0.4) is 0 Å². The molecule has 0 radical (unpaired) electrons. The maximum atomic E-state index is 9.98. The highest BCUT2D eigenvalue weighted by Crippen LogP contribution is 2.29. The Morgan fingerprint density at radius 1 is 1.29 bits per heavy atom. The second kappa shape index (κ2) is 5.33. The summed E-state index contributed by atoms with van der Waals surface area (Å²) in [4.78, 5) is 16.6. The second-order valence-electron chi connectivity index (χ2n) is 4.38. The number of aromatic nitrogens is 5. The average molecular weight is 287 g/mol. The Balaban J connectivity index is 2.18. The van der Waals surface area contributed by atoms with Gasteiger partial charge in [0.25, 0.3) is 0 Å². The maximum absolute atomic E-state index is 9.98. The summed E-state index contributed by atoms with van der Waals surface area (Å²) in [7, 11) is 1.85. The Bertz CT molecular complexity index is 787. The second-order valence-corrected chi connectivity index (χ2v) is 4.38. The number of rotatable bonds is 4. The fraction of sp³-hybridized carbons (Fsp3) is 0.231. The number of pyridine rings is 1. The van der Waals surface area contributed by atoms with E-state index >= 15 is 0 Å². The molecular formula is C13H13N5O3. The minimum absolute atomic E-state index is 0.0146. The van der Waals surface area contributed by atoms with Crippen LogP contribution < -0.4 is 4.74 Å². The van der Waals surface area contributed by atoms with E-state index in [1.165, 1.54) is 0 Å². The molecule has 3 aromatic heterocycles. The predicted molar refractivity (Wildman–Crippen MR) is 73.8 cm³/mol. The zero-order valence-electron chi connectivity index (χ0n) is 11.3. The Morgan fingerprint density at radius 3 is 2.86 bits per heavy atom. The lowest BCUT2D eigenvalue weighted by Gasteiger charge is -2.07. The van der Waals surface area contributed by atoms with Crippen LogP contribution in [0.5, 0.6) is 11.9 Å². The standard InChI is InChI=1S/C13H13N5O3/c1-18-6-9(15-7-18)11-10-8(2-3-14-11)12(20)17-13(16-10)21-5-4-19/h2-3,6-7,19H,4-5H2,1H3,(H,16,17,20). The third-order valence-corrected chi connectivity index (χ3v) is 2.84. The van der Waals surface area contributed by atoms with Gasteiger partial charge in [-0.25, -0.2) is 4.98 Å². The Morgan fingerprint density at radius 2 is 2.14 bits per heavy atom. The molecular weight excluding hydrogens is 274 g/mol. The molecule has 0 saturated carbocycles. The van der Waals surface area contributed by atoms with Crippen LogP contribution in [0.25, 0.3) is 22.3 Å². The van der Waals surface area contributed by atoms with Gasteiger partial charge in [-0.1, -0.05) is 0 Å². The van der Waals surface area contributed by atoms with Gasteiger partial charge in [-0.2, -0.15) is 9.97 Å². The monoisotopic (exact) mass is 287 g/mol. The summed E-state index contributed by atoms with van der Waals surface area (Å²) < 4.78 is 6.95. The van der Waals surface area contributed by atoms with Gasteiger partial charge in [0.1, 0.15) is 23.5 Å². The first-order valence-corrected chi connectivity index (χ1v) is 6.26. The van der Waals surface area contributed by atoms with Gasteiger partial charge in [-0.3, -0.25) is 4.98 Å². The SMILES string of the molecule is Cn1cnc(-c2nccc3c(O)nc(OCCO)nc23)c1. The first-order valence-electron chi connectivity index (χ1n) is 6.26. The number of aromatic hydroxyl groups is 1. The molecule has 0 atom stereocenters. The number of imidazole rings is 1. The molecule has 0 aliphatic carbocycles. The number of nitrogens with zero attached hydrogens (tertiary/aromatic N) is 5. The van der Waals surface area contributed by atoms with Crippen LogP contribution in [0, 0.1) is 0 Å². The van der Waals surface area contributed by atoms with Crippen molar-refractivity contribution in [1.29, 1.82) is 0 Å². The number of aliphatic hydroxyl groups is 1. The van der Waals surface area contributed by atoms with Crippen LogP contribution >= 0.6 is 0 Å². The topological polar surface area (TPSA) is 106 Å². The van der Waals surface area contributed by atoms with E-state index in [2.05, 4.69) is 19.9 Å². The van der Waals surface area contributed by atoms with Crippen molar-refractivity contribution in [3.8, 4) is 23.3 Å². The van der Waals surface area contributed by atoms with Crippen LogP contribution in [0.15, 0.2) is 24.8 Å². The van der Waals surface area contributed by atoms with Gasteiger partial charge >= 0.3 is 6.01 Å². The van der Waals surface area contributed by atoms with E-state index in [0.717, 1.165) is 0 Å². The van der Waals surface area contributed by atoms with Crippen molar-refractivity contribution >= 4 is 10.9 Å². The van der Waals surface area contributed by atoms with Gasteiger partial charge in [-0.05, 0) is 6.07 Å². The van der Waals surface area contributed by atoms with Gasteiger partial charge in [0, 0.05) is 19.4 Å². The van der Waals surface area contributed by atoms with Crippen LogP contribution in [-0.2, 0) is 7.05 Å². The third-order valence-electron chi connectivity index (χ3n) is 2.84. The van der Waals surface area contributed by atoms with E-state index in [-0.39, 0.29) is 25.1 Å². The van der Waals surface area contributed by atoms with Gasteiger partial charge in [0.05, 0.1) is 18.3 Å². The fourth-order valence-corrected chi connectivity index (χ4v) is 1.94. The van der Waals surface area contributed by atoms with E-state index in [9.17, 15) is 5.11 Å². The first kappa shape index (κ1) is 13.3. The molecule has 8 nitrogen and oxygen atoms in total. The minimum Gasteiger partial charge on any atom is -0.493 e. The number of hydrogen-bond acceptors (Lipinski definition) is 7. The molecule has 0 bridgehead atoms. The van der Waals surface area contributed by atoms with Crippen molar-refractivity contribution in [1.82, 2.24) is 24.5 Å². The lowest BCUT2D eigenvalue weighted by Crippen LogP contribution is -2.05. The largest absolute Gasteiger partial charge is 0.493 e. The average Bonchev–Trinajstić information content (AvgIpc) is 2.91. The molecule has 3 rings (SSSR count). The zero-order valence-corrected chi connectivity index (χ0v) is 11.3. The lowest BCUT2D eigenvalue weighted by molar-refractivity contribution is 0.190. The van der Waals surface area contributed by atoms with E-state index in [4.69, 9.17) is 9.84 Å².